The average Bonchev–Trinajstić information content (AvgIpc) is 2.55. The summed E-state index contributed by atoms with van der Waals surface area (Å²) in [4.78, 5) is 0. The normalized spacial score (nSPS) is 17.6. The lowest BCUT2D eigenvalue weighted by Crippen LogP contribution is -2.26. The Bertz CT molecular complexity index is 402. The van der Waals surface area contributed by atoms with E-state index in [4.69, 9.17) is 9.47 Å². The summed E-state index contributed by atoms with van der Waals surface area (Å²) in [7, 11) is 1.71. The zero-order valence-electron chi connectivity index (χ0n) is 13.4. The molecule has 3 nitrogen and oxygen atoms in total. The van der Waals surface area contributed by atoms with Gasteiger partial charge in [0, 0.05) is 6.61 Å². The molecule has 1 aromatic rings. The van der Waals surface area contributed by atoms with Gasteiger partial charge in [0.05, 0.1) is 19.8 Å². The van der Waals surface area contributed by atoms with E-state index in [1.54, 1.807) is 7.11 Å². The third kappa shape index (κ3) is 5.33. The molecule has 3 heteroatoms. The standard InChI is InChI=1S/C18H29NO2/c1-3-19-18(16-10-7-11-17(12-16)20-2)14-21-13-15-8-5-4-6-9-15/h7,10-12,15,18-19H,3-6,8-9,13-14H2,1-2H3. The molecule has 1 unspecified atom stereocenters. The van der Waals surface area contributed by atoms with E-state index >= 15 is 0 Å². The molecule has 1 aliphatic carbocycles. The molecule has 1 atom stereocenters. The maximum atomic E-state index is 6.01. The number of likely N-dealkylation sites (N-methyl/N-ethyl adjacent to an activating group) is 1. The van der Waals surface area contributed by atoms with Crippen LogP contribution in [0.25, 0.3) is 0 Å². The maximum absolute atomic E-state index is 6.01. The second kappa shape index (κ2) is 9.06. The van der Waals surface area contributed by atoms with Crippen LogP contribution >= 0.6 is 0 Å². The average molecular weight is 291 g/mol. The number of nitrogens with one attached hydrogen (secondary N) is 1. The molecule has 0 heterocycles. The Morgan fingerprint density at radius 3 is 2.76 bits per heavy atom. The Labute approximate surface area is 129 Å². The van der Waals surface area contributed by atoms with Gasteiger partial charge in [0.2, 0.25) is 0 Å². The lowest BCUT2D eigenvalue weighted by molar-refractivity contribution is 0.0696. The molecule has 1 aliphatic rings. The summed E-state index contributed by atoms with van der Waals surface area (Å²) in [6, 6.07) is 8.50. The summed E-state index contributed by atoms with van der Waals surface area (Å²) in [5, 5.41) is 3.51. The molecule has 0 saturated heterocycles. The van der Waals surface area contributed by atoms with Crippen LogP contribution in [0.3, 0.4) is 0 Å². The van der Waals surface area contributed by atoms with Crippen LogP contribution in [0.1, 0.15) is 50.6 Å². The Balaban J connectivity index is 1.85. The maximum Gasteiger partial charge on any atom is 0.119 e. The summed E-state index contributed by atoms with van der Waals surface area (Å²) < 4.78 is 11.3. The highest BCUT2D eigenvalue weighted by Gasteiger charge is 2.16. The van der Waals surface area contributed by atoms with Crippen molar-refractivity contribution in [1.82, 2.24) is 5.32 Å². The number of benzene rings is 1. The van der Waals surface area contributed by atoms with E-state index < -0.39 is 0 Å². The third-order valence-corrected chi connectivity index (χ3v) is 4.31. The van der Waals surface area contributed by atoms with Crippen LogP contribution < -0.4 is 10.1 Å². The van der Waals surface area contributed by atoms with Crippen LogP contribution in [0.15, 0.2) is 24.3 Å². The van der Waals surface area contributed by atoms with Crippen molar-refractivity contribution in [2.45, 2.75) is 45.1 Å². The number of ether oxygens (including phenoxy) is 2. The van der Waals surface area contributed by atoms with Gasteiger partial charge in [0.15, 0.2) is 0 Å². The minimum atomic E-state index is 0.244. The van der Waals surface area contributed by atoms with Crippen LogP contribution in [-0.4, -0.2) is 26.9 Å². The van der Waals surface area contributed by atoms with E-state index in [-0.39, 0.29) is 6.04 Å². The first kappa shape index (κ1) is 16.3. The minimum Gasteiger partial charge on any atom is -0.497 e. The van der Waals surface area contributed by atoms with Gasteiger partial charge in [0.25, 0.3) is 0 Å². The van der Waals surface area contributed by atoms with Crippen molar-refractivity contribution >= 4 is 0 Å². The van der Waals surface area contributed by atoms with Gasteiger partial charge in [-0.2, -0.15) is 0 Å². The molecular formula is C18H29NO2. The molecule has 0 amide bonds. The third-order valence-electron chi connectivity index (χ3n) is 4.31. The van der Waals surface area contributed by atoms with Gasteiger partial charge >= 0.3 is 0 Å². The molecule has 21 heavy (non-hydrogen) atoms. The number of hydrogen-bond donors (Lipinski definition) is 1. The largest absolute Gasteiger partial charge is 0.497 e. The fraction of sp³-hybridized carbons (Fsp3) is 0.667. The summed E-state index contributed by atoms with van der Waals surface area (Å²) in [5.41, 5.74) is 1.24. The molecule has 1 fully saturated rings. The summed E-state index contributed by atoms with van der Waals surface area (Å²) in [6.07, 6.45) is 6.83. The molecule has 1 aromatic carbocycles. The number of rotatable bonds is 8. The predicted molar refractivity (Wildman–Crippen MR) is 86.8 cm³/mol. The minimum absolute atomic E-state index is 0.244. The highest BCUT2D eigenvalue weighted by molar-refractivity contribution is 5.30. The Hall–Kier alpha value is -1.06. The van der Waals surface area contributed by atoms with Gasteiger partial charge in [-0.3, -0.25) is 0 Å². The van der Waals surface area contributed by atoms with E-state index in [2.05, 4.69) is 24.4 Å². The summed E-state index contributed by atoms with van der Waals surface area (Å²) in [6.45, 7) is 4.71. The van der Waals surface area contributed by atoms with Gasteiger partial charge in [-0.05, 0) is 43.0 Å². The van der Waals surface area contributed by atoms with E-state index in [9.17, 15) is 0 Å². The van der Waals surface area contributed by atoms with Crippen LogP contribution in [0.4, 0.5) is 0 Å². The predicted octanol–water partition coefficient (Wildman–Crippen LogP) is 3.94. The highest BCUT2D eigenvalue weighted by atomic mass is 16.5. The number of methoxy groups -OCH3 is 1. The second-order valence-corrected chi connectivity index (χ2v) is 5.93. The van der Waals surface area contributed by atoms with Crippen molar-refractivity contribution in [1.29, 1.82) is 0 Å². The van der Waals surface area contributed by atoms with Gasteiger partial charge < -0.3 is 14.8 Å². The Morgan fingerprint density at radius 1 is 1.24 bits per heavy atom. The van der Waals surface area contributed by atoms with Crippen LogP contribution in [-0.2, 0) is 4.74 Å². The zero-order valence-corrected chi connectivity index (χ0v) is 13.4. The van der Waals surface area contributed by atoms with Gasteiger partial charge in [0.1, 0.15) is 5.75 Å². The first-order valence-electron chi connectivity index (χ1n) is 8.28. The molecule has 1 N–H and O–H groups in total. The molecule has 0 bridgehead atoms. The van der Waals surface area contributed by atoms with Crippen LogP contribution in [0, 0.1) is 5.92 Å². The lowest BCUT2D eigenvalue weighted by atomic mass is 9.90. The SMILES string of the molecule is CCNC(COCC1CCCCC1)c1cccc(OC)c1. The van der Waals surface area contributed by atoms with Crippen molar-refractivity contribution in [3.63, 3.8) is 0 Å². The molecule has 0 aromatic heterocycles. The van der Waals surface area contributed by atoms with Crippen molar-refractivity contribution in [3.05, 3.63) is 29.8 Å². The smallest absolute Gasteiger partial charge is 0.119 e. The zero-order chi connectivity index (χ0) is 14.9. The summed E-state index contributed by atoms with van der Waals surface area (Å²) >= 11 is 0. The Kier molecular flexibility index (Phi) is 7.04. The topological polar surface area (TPSA) is 30.5 Å². The molecule has 118 valence electrons. The van der Waals surface area contributed by atoms with E-state index in [1.807, 2.05) is 12.1 Å². The van der Waals surface area contributed by atoms with Gasteiger partial charge in [-0.1, -0.05) is 38.3 Å². The van der Waals surface area contributed by atoms with Crippen molar-refractivity contribution in [2.75, 3.05) is 26.9 Å². The van der Waals surface area contributed by atoms with Crippen molar-refractivity contribution in [3.8, 4) is 5.75 Å². The van der Waals surface area contributed by atoms with Gasteiger partial charge in [-0.15, -0.1) is 0 Å². The lowest BCUT2D eigenvalue weighted by Gasteiger charge is -2.24. The molecule has 0 radical (unpaired) electrons. The van der Waals surface area contributed by atoms with Crippen LogP contribution in [0.5, 0.6) is 5.75 Å². The molecule has 1 saturated carbocycles. The van der Waals surface area contributed by atoms with E-state index in [0.717, 1.165) is 31.4 Å². The fourth-order valence-electron chi connectivity index (χ4n) is 3.08. The summed E-state index contributed by atoms with van der Waals surface area (Å²) in [5.74, 6) is 1.68. The molecular weight excluding hydrogens is 262 g/mol. The quantitative estimate of drug-likeness (QED) is 0.787. The van der Waals surface area contributed by atoms with Crippen molar-refractivity contribution in [2.24, 2.45) is 5.92 Å². The second-order valence-electron chi connectivity index (χ2n) is 5.93. The Morgan fingerprint density at radius 2 is 2.05 bits per heavy atom. The number of hydrogen-bond acceptors (Lipinski definition) is 3. The highest BCUT2D eigenvalue weighted by Crippen LogP contribution is 2.24. The van der Waals surface area contributed by atoms with E-state index in [0.29, 0.717) is 0 Å². The monoisotopic (exact) mass is 291 g/mol. The molecule has 0 aliphatic heterocycles. The van der Waals surface area contributed by atoms with Gasteiger partial charge in [-0.25, -0.2) is 0 Å². The first-order chi connectivity index (χ1) is 10.3. The van der Waals surface area contributed by atoms with Crippen molar-refractivity contribution < 1.29 is 9.47 Å². The first-order valence-corrected chi connectivity index (χ1v) is 8.28. The fourth-order valence-corrected chi connectivity index (χ4v) is 3.08. The van der Waals surface area contributed by atoms with Crippen LogP contribution in [0.2, 0.25) is 0 Å². The molecule has 2 rings (SSSR count). The van der Waals surface area contributed by atoms with E-state index in [1.165, 1.54) is 37.7 Å². The molecule has 0 spiro atoms.